The van der Waals surface area contributed by atoms with Crippen LogP contribution in [-0.2, 0) is 24.3 Å². The number of carbonyl (C=O) groups is 1. The normalized spacial score (nSPS) is 19.3. The predicted octanol–water partition coefficient (Wildman–Crippen LogP) is 4.16. The van der Waals surface area contributed by atoms with Gasteiger partial charge in [0.25, 0.3) is 0 Å². The Balaban J connectivity index is 1.19. The number of fused-ring (bicyclic) bond motifs is 3. The van der Waals surface area contributed by atoms with Gasteiger partial charge in [-0.3, -0.25) is 9.69 Å². The zero-order valence-corrected chi connectivity index (χ0v) is 20.1. The molecule has 1 aliphatic heterocycles. The fraction of sp³-hybridized carbons (Fsp3) is 0.440. The molecule has 32 heavy (non-hydrogen) atoms. The highest BCUT2D eigenvalue weighted by Crippen LogP contribution is 2.34. The fourth-order valence-electron chi connectivity index (χ4n) is 4.98. The van der Waals surface area contributed by atoms with E-state index in [9.17, 15) is 4.79 Å². The number of amides is 1. The van der Waals surface area contributed by atoms with Crippen molar-refractivity contribution in [2.24, 2.45) is 0 Å². The lowest BCUT2D eigenvalue weighted by Gasteiger charge is -2.34. The van der Waals surface area contributed by atoms with Crippen LogP contribution in [0.25, 0.3) is 11.0 Å². The molecule has 0 unspecified atom stereocenters. The van der Waals surface area contributed by atoms with Gasteiger partial charge in [0.05, 0.1) is 11.0 Å². The lowest BCUT2D eigenvalue weighted by Crippen LogP contribution is -2.47. The third-order valence-corrected chi connectivity index (χ3v) is 7.25. The molecule has 1 amide bonds. The first kappa shape index (κ1) is 21.6. The summed E-state index contributed by atoms with van der Waals surface area (Å²) in [4.78, 5) is 24.2. The number of benzene rings is 1. The number of aromatic amines is 1. The second-order valence-corrected chi connectivity index (χ2v) is 9.78. The summed E-state index contributed by atoms with van der Waals surface area (Å²) >= 11 is 3.51. The van der Waals surface area contributed by atoms with E-state index in [1.165, 1.54) is 28.8 Å². The molecule has 168 valence electrons. The van der Waals surface area contributed by atoms with Crippen LogP contribution in [0.15, 0.2) is 41.0 Å². The Labute approximate surface area is 197 Å². The van der Waals surface area contributed by atoms with Gasteiger partial charge >= 0.3 is 0 Å². The van der Waals surface area contributed by atoms with Gasteiger partial charge < -0.3 is 15.2 Å². The minimum absolute atomic E-state index is 0.183. The van der Waals surface area contributed by atoms with Crippen LogP contribution in [0.2, 0.25) is 0 Å². The van der Waals surface area contributed by atoms with E-state index in [2.05, 4.69) is 61.5 Å². The molecule has 2 N–H and O–H groups in total. The molecule has 5 rings (SSSR count). The Morgan fingerprint density at radius 2 is 1.88 bits per heavy atom. The number of piperazine rings is 1. The molecule has 0 radical (unpaired) electrons. The molecule has 1 atom stereocenters. The summed E-state index contributed by atoms with van der Waals surface area (Å²) in [5.41, 5.74) is 7.54. The van der Waals surface area contributed by atoms with E-state index in [1.54, 1.807) is 6.92 Å². The van der Waals surface area contributed by atoms with Gasteiger partial charge in [-0.05, 0) is 58.5 Å². The van der Waals surface area contributed by atoms with E-state index in [-0.39, 0.29) is 5.91 Å². The van der Waals surface area contributed by atoms with Gasteiger partial charge in [0, 0.05) is 63.5 Å². The summed E-state index contributed by atoms with van der Waals surface area (Å²) in [5, 5.41) is 3.77. The number of H-pyrrole nitrogens is 1. The maximum Gasteiger partial charge on any atom is 0.219 e. The van der Waals surface area contributed by atoms with E-state index < -0.39 is 0 Å². The van der Waals surface area contributed by atoms with E-state index in [4.69, 9.17) is 4.98 Å². The van der Waals surface area contributed by atoms with Crippen molar-refractivity contribution in [2.45, 2.75) is 45.3 Å². The molecule has 0 spiro atoms. The molecular formula is C25H30BrN5O. The zero-order chi connectivity index (χ0) is 22.1. The van der Waals surface area contributed by atoms with Gasteiger partial charge in [-0.2, -0.15) is 0 Å². The summed E-state index contributed by atoms with van der Waals surface area (Å²) in [6.07, 6.45) is 3.42. The number of hydrogen-bond acceptors (Lipinski definition) is 4. The smallest absolute Gasteiger partial charge is 0.219 e. The fourth-order valence-corrected chi connectivity index (χ4v) is 5.29. The number of rotatable bonds is 5. The number of nitrogens with one attached hydrogen (secondary N) is 2. The highest BCUT2D eigenvalue weighted by molar-refractivity contribution is 9.10. The van der Waals surface area contributed by atoms with E-state index in [1.807, 2.05) is 11.0 Å². The lowest BCUT2D eigenvalue weighted by molar-refractivity contribution is -0.130. The van der Waals surface area contributed by atoms with Gasteiger partial charge in [-0.15, -0.1) is 0 Å². The van der Waals surface area contributed by atoms with Crippen LogP contribution in [0, 0.1) is 0 Å². The summed E-state index contributed by atoms with van der Waals surface area (Å²) in [6, 6.07) is 13.4. The molecule has 1 aliphatic carbocycles. The van der Waals surface area contributed by atoms with Gasteiger partial charge in [-0.1, -0.05) is 24.3 Å². The standard InChI is InChI=1S/C25H30BrN5O/c1-17(32)31-13-11-30(12-14-31)16-19-7-5-18(6-8-19)15-27-21-4-2-3-20-24(21)28-22-9-10-23(26)29-25(20)22/h5-10,21,27-28H,2-4,11-16H2,1H3/t21-/m1/s1. The summed E-state index contributed by atoms with van der Waals surface area (Å²) in [6.45, 7) is 7.02. The van der Waals surface area contributed by atoms with Crippen LogP contribution in [0.1, 0.15) is 48.2 Å². The second-order valence-electron chi connectivity index (χ2n) is 8.97. The van der Waals surface area contributed by atoms with Crippen molar-refractivity contribution in [3.63, 3.8) is 0 Å². The number of pyridine rings is 1. The van der Waals surface area contributed by atoms with Crippen LogP contribution >= 0.6 is 15.9 Å². The van der Waals surface area contributed by atoms with Gasteiger partial charge in [0.2, 0.25) is 5.91 Å². The first-order valence-electron chi connectivity index (χ1n) is 11.5. The van der Waals surface area contributed by atoms with E-state index in [0.29, 0.717) is 6.04 Å². The van der Waals surface area contributed by atoms with Crippen molar-refractivity contribution in [3.8, 4) is 0 Å². The van der Waals surface area contributed by atoms with Crippen LogP contribution in [-0.4, -0.2) is 51.9 Å². The summed E-state index contributed by atoms with van der Waals surface area (Å²) in [7, 11) is 0. The number of carbonyl (C=O) groups excluding carboxylic acids is 1. The highest BCUT2D eigenvalue weighted by atomic mass is 79.9. The summed E-state index contributed by atoms with van der Waals surface area (Å²) < 4.78 is 0.891. The molecule has 1 saturated heterocycles. The third-order valence-electron chi connectivity index (χ3n) is 6.81. The minimum Gasteiger partial charge on any atom is -0.356 e. The highest BCUT2D eigenvalue weighted by Gasteiger charge is 2.25. The van der Waals surface area contributed by atoms with Crippen molar-refractivity contribution < 1.29 is 4.79 Å². The zero-order valence-electron chi connectivity index (χ0n) is 18.5. The number of aromatic nitrogens is 2. The van der Waals surface area contributed by atoms with Crippen LogP contribution in [0.5, 0.6) is 0 Å². The third kappa shape index (κ3) is 4.60. The Morgan fingerprint density at radius 3 is 2.62 bits per heavy atom. The molecule has 1 fully saturated rings. The van der Waals surface area contributed by atoms with Crippen molar-refractivity contribution in [1.82, 2.24) is 25.1 Å². The minimum atomic E-state index is 0.183. The first-order valence-corrected chi connectivity index (χ1v) is 12.3. The lowest BCUT2D eigenvalue weighted by atomic mass is 9.92. The van der Waals surface area contributed by atoms with Crippen molar-refractivity contribution >= 4 is 32.9 Å². The van der Waals surface area contributed by atoms with Crippen molar-refractivity contribution in [1.29, 1.82) is 0 Å². The number of hydrogen-bond donors (Lipinski definition) is 2. The first-order chi connectivity index (χ1) is 15.6. The van der Waals surface area contributed by atoms with E-state index in [0.717, 1.165) is 67.7 Å². The van der Waals surface area contributed by atoms with Crippen LogP contribution in [0.3, 0.4) is 0 Å². The van der Waals surface area contributed by atoms with Gasteiger partial charge in [0.1, 0.15) is 4.60 Å². The topological polar surface area (TPSA) is 64.3 Å². The molecule has 2 aromatic heterocycles. The number of aryl methyl sites for hydroxylation is 1. The average molecular weight is 496 g/mol. The van der Waals surface area contributed by atoms with Crippen LogP contribution in [0.4, 0.5) is 0 Å². The molecule has 7 heteroatoms. The Morgan fingerprint density at radius 1 is 1.12 bits per heavy atom. The number of halogens is 1. The molecule has 0 bridgehead atoms. The second kappa shape index (κ2) is 9.33. The molecule has 3 aromatic rings. The maximum atomic E-state index is 11.5. The van der Waals surface area contributed by atoms with Crippen molar-refractivity contribution in [2.75, 3.05) is 26.2 Å². The molecule has 0 saturated carbocycles. The van der Waals surface area contributed by atoms with Gasteiger partial charge in [-0.25, -0.2) is 4.98 Å². The monoisotopic (exact) mass is 495 g/mol. The molecule has 2 aliphatic rings. The Kier molecular flexibility index (Phi) is 6.31. The van der Waals surface area contributed by atoms with E-state index >= 15 is 0 Å². The largest absolute Gasteiger partial charge is 0.356 e. The molecule has 3 heterocycles. The Bertz CT molecular complexity index is 1100. The predicted molar refractivity (Wildman–Crippen MR) is 130 cm³/mol. The van der Waals surface area contributed by atoms with Gasteiger partial charge in [0.15, 0.2) is 0 Å². The average Bonchev–Trinajstić information content (AvgIpc) is 3.17. The van der Waals surface area contributed by atoms with Crippen LogP contribution < -0.4 is 5.32 Å². The molecule has 6 nitrogen and oxygen atoms in total. The van der Waals surface area contributed by atoms with Crippen molar-refractivity contribution in [3.05, 3.63) is 63.4 Å². The summed E-state index contributed by atoms with van der Waals surface area (Å²) in [5.74, 6) is 0.183. The SMILES string of the molecule is CC(=O)N1CCN(Cc2ccc(CN[C@@H]3CCCc4c3[nH]c3ccc(Br)nc43)cc2)CC1. The molecule has 1 aromatic carbocycles. The quantitative estimate of drug-likeness (QED) is 0.521. The maximum absolute atomic E-state index is 11.5. The number of nitrogens with zero attached hydrogens (tertiary/aromatic N) is 3. The molecular weight excluding hydrogens is 466 g/mol. The Hall–Kier alpha value is -2.22.